The zero-order valence-electron chi connectivity index (χ0n) is 16.4. The average Bonchev–Trinajstić information content (AvgIpc) is 2.66. The molecule has 0 heterocycles. The molecule has 1 aliphatic carbocycles. The van der Waals surface area contributed by atoms with Crippen molar-refractivity contribution < 1.29 is 9.59 Å². The predicted molar refractivity (Wildman–Crippen MR) is 106 cm³/mol. The normalized spacial score (nSPS) is 12.9. The minimum Gasteiger partial charge on any atom is -0.289 e. The van der Waals surface area contributed by atoms with Crippen LogP contribution in [-0.2, 0) is 25.7 Å². The van der Waals surface area contributed by atoms with Crippen molar-refractivity contribution in [3.05, 3.63) is 68.8 Å². The number of benzene rings is 2. The molecule has 2 aromatic rings. The summed E-state index contributed by atoms with van der Waals surface area (Å²) in [5.74, 6) is 0.0653. The van der Waals surface area contributed by atoms with Gasteiger partial charge in [-0.05, 0) is 47.9 Å². The Morgan fingerprint density at radius 3 is 1.54 bits per heavy atom. The van der Waals surface area contributed by atoms with Gasteiger partial charge in [-0.15, -0.1) is 0 Å². The summed E-state index contributed by atoms with van der Waals surface area (Å²) in [6.45, 7) is 8.59. The molecule has 0 radical (unpaired) electrons. The van der Waals surface area contributed by atoms with Crippen LogP contribution < -0.4 is 0 Å². The highest BCUT2D eigenvalue weighted by Gasteiger charge is 2.35. The molecule has 0 saturated carbocycles. The maximum Gasteiger partial charge on any atom is 0.194 e. The van der Waals surface area contributed by atoms with E-state index in [1.54, 1.807) is 12.1 Å². The Hall–Kier alpha value is -2.22. The molecule has 3 rings (SSSR count). The molecule has 136 valence electrons. The van der Waals surface area contributed by atoms with E-state index in [2.05, 4.69) is 27.7 Å². The quantitative estimate of drug-likeness (QED) is 0.590. The van der Waals surface area contributed by atoms with E-state index in [0.29, 0.717) is 22.3 Å². The van der Waals surface area contributed by atoms with Gasteiger partial charge in [-0.2, -0.15) is 0 Å². The second kappa shape index (κ2) is 7.57. The minimum absolute atomic E-state index is 0.0298. The highest BCUT2D eigenvalue weighted by atomic mass is 16.1. The highest BCUT2D eigenvalue weighted by molar-refractivity contribution is 6.29. The number of fused-ring (bicyclic) bond motifs is 2. The summed E-state index contributed by atoms with van der Waals surface area (Å²) < 4.78 is 0. The first-order valence-corrected chi connectivity index (χ1v) is 9.98. The van der Waals surface area contributed by atoms with E-state index in [1.165, 1.54) is 11.1 Å². The van der Waals surface area contributed by atoms with Gasteiger partial charge >= 0.3 is 0 Å². The Morgan fingerprint density at radius 1 is 0.615 bits per heavy atom. The molecule has 0 aliphatic heterocycles. The summed E-state index contributed by atoms with van der Waals surface area (Å²) >= 11 is 0. The number of carbonyl (C=O) groups excluding carboxylic acids is 2. The van der Waals surface area contributed by atoms with E-state index >= 15 is 0 Å². The van der Waals surface area contributed by atoms with Crippen LogP contribution in [-0.4, -0.2) is 11.6 Å². The summed E-state index contributed by atoms with van der Waals surface area (Å²) in [5.41, 5.74) is 7.38. The molecule has 0 amide bonds. The predicted octanol–water partition coefficient (Wildman–Crippen LogP) is 5.49. The second-order valence-corrected chi connectivity index (χ2v) is 7.08. The maximum absolute atomic E-state index is 13.4. The molecule has 2 aromatic carbocycles. The van der Waals surface area contributed by atoms with E-state index in [9.17, 15) is 9.59 Å². The van der Waals surface area contributed by atoms with E-state index < -0.39 is 0 Å². The molecule has 2 heteroatoms. The van der Waals surface area contributed by atoms with Crippen LogP contribution in [0.15, 0.2) is 24.3 Å². The zero-order chi connectivity index (χ0) is 18.8. The Balaban J connectivity index is 2.44. The SMILES string of the molecule is CCCc1c(CC)c(CC)c2c(c1CCC)C(=O)c1ccccc1C2=O. The van der Waals surface area contributed by atoms with Crippen LogP contribution in [0.1, 0.15) is 94.6 Å². The van der Waals surface area contributed by atoms with Crippen LogP contribution in [0.5, 0.6) is 0 Å². The van der Waals surface area contributed by atoms with Crippen molar-refractivity contribution in [2.75, 3.05) is 0 Å². The first kappa shape index (κ1) is 18.6. The van der Waals surface area contributed by atoms with Crippen molar-refractivity contribution >= 4 is 11.6 Å². The lowest BCUT2D eigenvalue weighted by Gasteiger charge is -2.28. The number of rotatable bonds is 6. The molecule has 26 heavy (non-hydrogen) atoms. The molecule has 0 bridgehead atoms. The van der Waals surface area contributed by atoms with Crippen LogP contribution in [0.2, 0.25) is 0 Å². The van der Waals surface area contributed by atoms with Crippen LogP contribution in [0.4, 0.5) is 0 Å². The van der Waals surface area contributed by atoms with Gasteiger partial charge in [-0.25, -0.2) is 0 Å². The Bertz CT molecular complexity index is 874. The van der Waals surface area contributed by atoms with E-state index in [0.717, 1.165) is 49.7 Å². The van der Waals surface area contributed by atoms with Crippen molar-refractivity contribution in [2.24, 2.45) is 0 Å². The fraction of sp³-hybridized carbons (Fsp3) is 0.417. The van der Waals surface area contributed by atoms with Crippen LogP contribution >= 0.6 is 0 Å². The lowest BCUT2D eigenvalue weighted by Crippen LogP contribution is -2.26. The van der Waals surface area contributed by atoms with Crippen molar-refractivity contribution in [2.45, 2.75) is 66.2 Å². The molecular weight excluding hydrogens is 320 g/mol. The molecule has 0 aromatic heterocycles. The Kier molecular flexibility index (Phi) is 5.41. The first-order valence-electron chi connectivity index (χ1n) is 9.98. The summed E-state index contributed by atoms with van der Waals surface area (Å²) in [6, 6.07) is 7.29. The van der Waals surface area contributed by atoms with Crippen molar-refractivity contribution in [1.82, 2.24) is 0 Å². The van der Waals surface area contributed by atoms with Crippen molar-refractivity contribution in [1.29, 1.82) is 0 Å². The molecular formula is C24H28O2. The molecule has 0 atom stereocenters. The fourth-order valence-electron chi connectivity index (χ4n) is 4.51. The molecule has 0 fully saturated rings. The standard InChI is InChI=1S/C24H28O2/c1-5-11-17-15(7-3)16(8-4)21-22(18(17)12-6-2)24(26)20-14-10-9-13-19(20)23(21)25/h9-10,13-14H,5-8,11-12H2,1-4H3. The number of ketones is 2. The smallest absolute Gasteiger partial charge is 0.194 e. The molecule has 0 spiro atoms. The lowest BCUT2D eigenvalue weighted by molar-refractivity contribution is 0.0977. The van der Waals surface area contributed by atoms with Gasteiger partial charge in [0.2, 0.25) is 0 Å². The van der Waals surface area contributed by atoms with Gasteiger partial charge in [-0.3, -0.25) is 9.59 Å². The van der Waals surface area contributed by atoms with Crippen LogP contribution in [0.3, 0.4) is 0 Å². The molecule has 1 aliphatic rings. The van der Waals surface area contributed by atoms with E-state index in [-0.39, 0.29) is 11.6 Å². The molecule has 0 N–H and O–H groups in total. The van der Waals surface area contributed by atoms with Crippen LogP contribution in [0.25, 0.3) is 0 Å². The topological polar surface area (TPSA) is 34.1 Å². The molecule has 2 nitrogen and oxygen atoms in total. The second-order valence-electron chi connectivity index (χ2n) is 7.08. The maximum atomic E-state index is 13.4. The summed E-state index contributed by atoms with van der Waals surface area (Å²) in [5, 5.41) is 0. The van der Waals surface area contributed by atoms with Gasteiger partial charge in [0, 0.05) is 22.3 Å². The van der Waals surface area contributed by atoms with Crippen molar-refractivity contribution in [3.63, 3.8) is 0 Å². The zero-order valence-corrected chi connectivity index (χ0v) is 16.4. The van der Waals surface area contributed by atoms with Gasteiger partial charge < -0.3 is 0 Å². The Labute approximate surface area is 156 Å². The highest BCUT2D eigenvalue weighted by Crippen LogP contribution is 2.38. The van der Waals surface area contributed by atoms with Gasteiger partial charge in [0.25, 0.3) is 0 Å². The van der Waals surface area contributed by atoms with Gasteiger partial charge in [-0.1, -0.05) is 64.8 Å². The number of hydrogen-bond acceptors (Lipinski definition) is 2. The third-order valence-corrected chi connectivity index (χ3v) is 5.52. The Morgan fingerprint density at radius 2 is 1.08 bits per heavy atom. The van der Waals surface area contributed by atoms with Crippen LogP contribution in [0, 0.1) is 0 Å². The van der Waals surface area contributed by atoms with Gasteiger partial charge in [0.1, 0.15) is 0 Å². The molecule has 0 saturated heterocycles. The largest absolute Gasteiger partial charge is 0.289 e. The minimum atomic E-state index is 0.0298. The summed E-state index contributed by atoms with van der Waals surface area (Å²) in [6.07, 6.45) is 5.55. The summed E-state index contributed by atoms with van der Waals surface area (Å²) in [4.78, 5) is 26.8. The van der Waals surface area contributed by atoms with Gasteiger partial charge in [0.05, 0.1) is 0 Å². The number of carbonyl (C=O) groups is 2. The van der Waals surface area contributed by atoms with E-state index in [1.807, 2.05) is 12.1 Å². The monoisotopic (exact) mass is 348 g/mol. The van der Waals surface area contributed by atoms with Crippen molar-refractivity contribution in [3.8, 4) is 0 Å². The average molecular weight is 348 g/mol. The third kappa shape index (κ3) is 2.72. The fourth-order valence-corrected chi connectivity index (χ4v) is 4.51. The van der Waals surface area contributed by atoms with E-state index in [4.69, 9.17) is 0 Å². The molecule has 0 unspecified atom stereocenters. The van der Waals surface area contributed by atoms with Gasteiger partial charge in [0.15, 0.2) is 11.6 Å². The lowest BCUT2D eigenvalue weighted by atomic mass is 9.73. The summed E-state index contributed by atoms with van der Waals surface area (Å²) in [7, 11) is 0. The number of hydrogen-bond donors (Lipinski definition) is 0. The first-order chi connectivity index (χ1) is 12.6. The third-order valence-electron chi connectivity index (χ3n) is 5.52.